The van der Waals surface area contributed by atoms with Gasteiger partial charge in [0.1, 0.15) is 5.82 Å². The molecular formula is C14H24N4O4S2. The molecule has 10 heteroatoms. The molecule has 1 aliphatic heterocycles. The number of morpholine rings is 1. The molecule has 1 fully saturated rings. The van der Waals surface area contributed by atoms with Gasteiger partial charge in [-0.05, 0) is 20.8 Å². The fourth-order valence-electron chi connectivity index (χ4n) is 2.30. The number of hydrogen-bond donors (Lipinski definition) is 1. The van der Waals surface area contributed by atoms with Crippen molar-refractivity contribution in [2.45, 2.75) is 36.7 Å². The van der Waals surface area contributed by atoms with E-state index in [9.17, 15) is 12.6 Å². The molecule has 1 N–H and O–H groups in total. The van der Waals surface area contributed by atoms with Gasteiger partial charge in [-0.15, -0.1) is 0 Å². The number of rotatable bonds is 4. The molecule has 0 aromatic carbocycles. The Hall–Kier alpha value is -1.26. The zero-order valence-electron chi connectivity index (χ0n) is 14.6. The molecule has 24 heavy (non-hydrogen) atoms. The van der Waals surface area contributed by atoms with Gasteiger partial charge in [0.05, 0.1) is 39.4 Å². The molecule has 2 atom stereocenters. The molecule has 0 amide bonds. The molecule has 0 aliphatic carbocycles. The van der Waals surface area contributed by atoms with Gasteiger partial charge in [0.2, 0.25) is 15.0 Å². The van der Waals surface area contributed by atoms with Gasteiger partial charge in [-0.3, -0.25) is 4.78 Å². The third-order valence-corrected chi connectivity index (χ3v) is 7.28. The maximum atomic E-state index is 12.3. The van der Waals surface area contributed by atoms with E-state index in [0.717, 1.165) is 6.26 Å². The van der Waals surface area contributed by atoms with Crippen LogP contribution in [0.2, 0.25) is 0 Å². The third-order valence-electron chi connectivity index (χ3n) is 4.28. The maximum absolute atomic E-state index is 12.3. The van der Waals surface area contributed by atoms with Gasteiger partial charge in [-0.2, -0.15) is 0 Å². The van der Waals surface area contributed by atoms with Crippen LogP contribution in [-0.4, -0.2) is 60.9 Å². The van der Waals surface area contributed by atoms with Crippen LogP contribution >= 0.6 is 0 Å². The number of nitrogens with zero attached hydrogens (tertiary/aromatic N) is 3. The van der Waals surface area contributed by atoms with E-state index < -0.39 is 24.3 Å². The highest BCUT2D eigenvalue weighted by molar-refractivity contribution is 7.92. The van der Waals surface area contributed by atoms with Crippen molar-refractivity contribution >= 4 is 25.4 Å². The monoisotopic (exact) mass is 376 g/mol. The zero-order valence-corrected chi connectivity index (χ0v) is 16.2. The molecule has 1 saturated heterocycles. The normalized spacial score (nSPS) is 22.2. The first-order valence-corrected chi connectivity index (χ1v) is 11.4. The van der Waals surface area contributed by atoms with Crippen LogP contribution in [0.15, 0.2) is 11.2 Å². The summed E-state index contributed by atoms with van der Waals surface area (Å²) in [6, 6.07) is 1.66. The van der Waals surface area contributed by atoms with Crippen molar-refractivity contribution in [3.05, 3.63) is 11.8 Å². The van der Waals surface area contributed by atoms with E-state index >= 15 is 0 Å². The zero-order chi connectivity index (χ0) is 18.3. The number of ether oxygens (including phenoxy) is 1. The largest absolute Gasteiger partial charge is 0.377 e. The second-order valence-corrected chi connectivity index (χ2v) is 11.3. The third kappa shape index (κ3) is 3.70. The first kappa shape index (κ1) is 19.1. The van der Waals surface area contributed by atoms with Crippen LogP contribution in [-0.2, 0) is 29.1 Å². The lowest BCUT2D eigenvalue weighted by atomic mass is 10.1. The highest BCUT2D eigenvalue weighted by Gasteiger charge is 2.34. The number of anilines is 1. The Morgan fingerprint density at radius 2 is 1.92 bits per heavy atom. The van der Waals surface area contributed by atoms with Gasteiger partial charge >= 0.3 is 0 Å². The Labute approximate surface area is 143 Å². The fraction of sp³-hybridized carbons (Fsp3) is 0.714. The smallest absolute Gasteiger partial charge is 0.249 e. The molecule has 1 aliphatic rings. The Kier molecular flexibility index (Phi) is 4.95. The number of hydrogen-bond acceptors (Lipinski definition) is 8. The minimum atomic E-state index is -3.64. The average molecular weight is 377 g/mol. The van der Waals surface area contributed by atoms with Crippen molar-refractivity contribution < 1.29 is 17.4 Å². The van der Waals surface area contributed by atoms with Crippen LogP contribution in [0.3, 0.4) is 0 Å². The number of aromatic nitrogens is 2. The van der Waals surface area contributed by atoms with Crippen LogP contribution in [0.4, 0.5) is 5.82 Å². The van der Waals surface area contributed by atoms with E-state index in [-0.39, 0.29) is 16.9 Å². The predicted octanol–water partition coefficient (Wildman–Crippen LogP) is 1.02. The van der Waals surface area contributed by atoms with Crippen molar-refractivity contribution in [2.75, 3.05) is 37.2 Å². The van der Waals surface area contributed by atoms with Crippen LogP contribution in [0.5, 0.6) is 0 Å². The summed E-state index contributed by atoms with van der Waals surface area (Å²) in [6.45, 7) is 6.82. The standard InChI is InChI=1S/C14H24N4O4S2/c1-10-9-22-7-6-18(10)12-8-11(14(2,3)24(5,15)21)16-13(17-12)23(4,19)20/h8,10,15H,6-7,9H2,1-5H3/t10-,24-/m1/s1. The lowest BCUT2D eigenvalue weighted by molar-refractivity contribution is 0.0984. The minimum Gasteiger partial charge on any atom is -0.377 e. The molecular weight excluding hydrogens is 352 g/mol. The van der Waals surface area contributed by atoms with E-state index in [1.165, 1.54) is 6.26 Å². The summed E-state index contributed by atoms with van der Waals surface area (Å²) < 4.78 is 48.6. The van der Waals surface area contributed by atoms with Crippen molar-refractivity contribution in [1.29, 1.82) is 4.78 Å². The van der Waals surface area contributed by atoms with E-state index in [1.807, 2.05) is 11.8 Å². The van der Waals surface area contributed by atoms with Crippen molar-refractivity contribution in [3.8, 4) is 0 Å². The lowest BCUT2D eigenvalue weighted by Crippen LogP contribution is -2.44. The maximum Gasteiger partial charge on any atom is 0.249 e. The molecule has 8 nitrogen and oxygen atoms in total. The van der Waals surface area contributed by atoms with E-state index in [1.54, 1.807) is 19.9 Å². The first-order valence-electron chi connectivity index (χ1n) is 7.51. The van der Waals surface area contributed by atoms with Gasteiger partial charge in [0.15, 0.2) is 0 Å². The van der Waals surface area contributed by atoms with Gasteiger partial charge < -0.3 is 9.64 Å². The van der Waals surface area contributed by atoms with Crippen molar-refractivity contribution in [1.82, 2.24) is 9.97 Å². The molecule has 0 bridgehead atoms. The Morgan fingerprint density at radius 1 is 1.29 bits per heavy atom. The van der Waals surface area contributed by atoms with Crippen molar-refractivity contribution in [3.63, 3.8) is 0 Å². The Bertz CT molecular complexity index is 834. The highest BCUT2D eigenvalue weighted by Crippen LogP contribution is 2.31. The number of sulfone groups is 1. The van der Waals surface area contributed by atoms with Crippen LogP contribution in [0, 0.1) is 4.78 Å². The SMILES string of the molecule is C[C@@H]1COCCN1c1cc(C(C)(C)[S@](C)(=N)=O)nc(S(C)(=O)=O)n1. The summed E-state index contributed by atoms with van der Waals surface area (Å²) in [5, 5.41) is -0.314. The molecule has 0 spiro atoms. The fourth-order valence-corrected chi connectivity index (χ4v) is 3.33. The Balaban J connectivity index is 2.67. The molecule has 2 heterocycles. The topological polar surface area (TPSA) is 113 Å². The molecule has 1 aromatic rings. The summed E-state index contributed by atoms with van der Waals surface area (Å²) in [5.41, 5.74) is 0.286. The van der Waals surface area contributed by atoms with Crippen LogP contribution < -0.4 is 4.90 Å². The molecule has 1 aromatic heterocycles. The number of nitrogens with one attached hydrogen (secondary N) is 1. The molecule has 2 rings (SSSR count). The van der Waals surface area contributed by atoms with Gasteiger partial charge in [-0.1, -0.05) is 0 Å². The molecule has 136 valence electrons. The highest BCUT2D eigenvalue weighted by atomic mass is 32.2. The quantitative estimate of drug-likeness (QED) is 0.780. The summed E-state index contributed by atoms with van der Waals surface area (Å²) in [7, 11) is -6.65. The second-order valence-electron chi connectivity index (χ2n) is 6.64. The van der Waals surface area contributed by atoms with Crippen molar-refractivity contribution in [2.24, 2.45) is 0 Å². The van der Waals surface area contributed by atoms with E-state index in [4.69, 9.17) is 9.52 Å². The van der Waals surface area contributed by atoms with Crippen LogP contribution in [0.25, 0.3) is 0 Å². The van der Waals surface area contributed by atoms with E-state index in [2.05, 4.69) is 9.97 Å². The predicted molar refractivity (Wildman–Crippen MR) is 92.6 cm³/mol. The van der Waals surface area contributed by atoms with Gasteiger partial charge in [0.25, 0.3) is 0 Å². The Morgan fingerprint density at radius 3 is 2.42 bits per heavy atom. The minimum absolute atomic E-state index is 0.0269. The van der Waals surface area contributed by atoms with E-state index in [0.29, 0.717) is 25.6 Å². The summed E-state index contributed by atoms with van der Waals surface area (Å²) >= 11 is 0. The van der Waals surface area contributed by atoms with Gasteiger partial charge in [-0.25, -0.2) is 22.6 Å². The summed E-state index contributed by atoms with van der Waals surface area (Å²) in [4.78, 5) is 10.2. The molecule has 0 saturated carbocycles. The summed E-state index contributed by atoms with van der Waals surface area (Å²) in [5.74, 6) is 0.452. The molecule has 0 unspecified atom stereocenters. The lowest BCUT2D eigenvalue weighted by Gasteiger charge is -2.35. The van der Waals surface area contributed by atoms with Crippen LogP contribution in [0.1, 0.15) is 26.5 Å². The average Bonchev–Trinajstić information content (AvgIpc) is 2.45. The first-order chi connectivity index (χ1) is 10.8. The summed E-state index contributed by atoms with van der Waals surface area (Å²) in [6.07, 6.45) is 2.36. The van der Waals surface area contributed by atoms with Gasteiger partial charge in [0, 0.05) is 25.1 Å². The molecule has 0 radical (unpaired) electrons. The second kappa shape index (κ2) is 6.23.